The maximum atomic E-state index is 11.5. The topological polar surface area (TPSA) is 45.8 Å². The molecule has 0 aliphatic carbocycles. The summed E-state index contributed by atoms with van der Waals surface area (Å²) in [5.41, 5.74) is 1.54. The van der Waals surface area contributed by atoms with Gasteiger partial charge in [0.05, 0.1) is 5.75 Å². The average molecular weight is 226 g/mol. The zero-order valence-electron chi connectivity index (χ0n) is 9.76. The van der Waals surface area contributed by atoms with E-state index < -0.39 is 0 Å². The van der Waals surface area contributed by atoms with Crippen LogP contribution in [0.25, 0.3) is 0 Å². The van der Waals surface area contributed by atoms with E-state index in [0.717, 1.165) is 23.0 Å². The van der Waals surface area contributed by atoms with E-state index in [1.165, 1.54) is 0 Å². The fourth-order valence-electron chi connectivity index (χ4n) is 1.16. The Morgan fingerprint density at radius 2 is 2.07 bits per heavy atom. The van der Waals surface area contributed by atoms with Gasteiger partial charge in [0.15, 0.2) is 0 Å². The van der Waals surface area contributed by atoms with Gasteiger partial charge in [-0.15, -0.1) is 0 Å². The van der Waals surface area contributed by atoms with Gasteiger partial charge in [0.1, 0.15) is 5.82 Å². The molecule has 0 aliphatic heterocycles. The summed E-state index contributed by atoms with van der Waals surface area (Å²) in [4.78, 5) is 18.6. The van der Waals surface area contributed by atoms with Crippen LogP contribution in [0.1, 0.15) is 30.9 Å². The van der Waals surface area contributed by atoms with E-state index in [1.54, 1.807) is 18.7 Å². The van der Waals surface area contributed by atoms with Gasteiger partial charge < -0.3 is 4.98 Å². The van der Waals surface area contributed by atoms with Crippen molar-refractivity contribution in [2.75, 3.05) is 5.75 Å². The summed E-state index contributed by atoms with van der Waals surface area (Å²) in [6, 6.07) is 0. The molecule has 84 valence electrons. The van der Waals surface area contributed by atoms with Crippen molar-refractivity contribution in [3.05, 3.63) is 27.4 Å². The van der Waals surface area contributed by atoms with E-state index in [1.807, 2.05) is 6.92 Å². The highest BCUT2D eigenvalue weighted by Gasteiger charge is 2.03. The van der Waals surface area contributed by atoms with Crippen LogP contribution in [0.15, 0.2) is 4.79 Å². The van der Waals surface area contributed by atoms with Crippen LogP contribution in [0.3, 0.4) is 0 Å². The first-order valence-corrected chi connectivity index (χ1v) is 6.30. The number of aryl methyl sites for hydroxylation is 1. The maximum Gasteiger partial charge on any atom is 0.254 e. The van der Waals surface area contributed by atoms with E-state index >= 15 is 0 Å². The molecular formula is C11H18N2OS. The maximum absolute atomic E-state index is 11.5. The lowest BCUT2D eigenvalue weighted by atomic mass is 10.3. The molecule has 0 bridgehead atoms. The van der Waals surface area contributed by atoms with Gasteiger partial charge in [0.2, 0.25) is 0 Å². The second-order valence-corrected chi connectivity index (χ2v) is 5.16. The lowest BCUT2D eigenvalue weighted by molar-refractivity contribution is 0.749. The number of thioether (sulfide) groups is 1. The molecule has 0 radical (unpaired) electrons. The van der Waals surface area contributed by atoms with Crippen molar-refractivity contribution >= 4 is 11.8 Å². The fourth-order valence-corrected chi connectivity index (χ4v) is 2.08. The number of H-pyrrole nitrogens is 1. The van der Waals surface area contributed by atoms with Crippen LogP contribution < -0.4 is 5.56 Å². The van der Waals surface area contributed by atoms with Crippen LogP contribution in [0.5, 0.6) is 0 Å². The third-order valence-corrected chi connectivity index (χ3v) is 3.51. The van der Waals surface area contributed by atoms with Gasteiger partial charge in [-0.3, -0.25) is 4.79 Å². The second-order valence-electron chi connectivity index (χ2n) is 4.13. The number of aromatic amines is 1. The number of aromatic nitrogens is 2. The molecule has 1 N–H and O–H groups in total. The third-order valence-electron chi connectivity index (χ3n) is 2.13. The molecule has 1 rings (SSSR count). The van der Waals surface area contributed by atoms with Gasteiger partial charge >= 0.3 is 0 Å². The Bertz CT molecular complexity index is 385. The smallest absolute Gasteiger partial charge is 0.254 e. The van der Waals surface area contributed by atoms with Crippen LogP contribution in [-0.4, -0.2) is 15.7 Å². The van der Waals surface area contributed by atoms with Crippen molar-refractivity contribution in [2.24, 2.45) is 5.92 Å². The summed E-state index contributed by atoms with van der Waals surface area (Å²) in [5.74, 6) is 3.34. The first kappa shape index (κ1) is 12.3. The lowest BCUT2D eigenvalue weighted by Gasteiger charge is -2.05. The Labute approximate surface area is 94.7 Å². The zero-order valence-corrected chi connectivity index (χ0v) is 10.6. The van der Waals surface area contributed by atoms with Crippen molar-refractivity contribution in [1.82, 2.24) is 9.97 Å². The number of nitrogens with zero attached hydrogens (tertiary/aromatic N) is 1. The van der Waals surface area contributed by atoms with E-state index in [2.05, 4.69) is 23.8 Å². The molecule has 1 aromatic heterocycles. The first-order chi connectivity index (χ1) is 7.00. The number of hydrogen-bond acceptors (Lipinski definition) is 3. The monoisotopic (exact) mass is 226 g/mol. The molecule has 0 aromatic carbocycles. The molecule has 0 aliphatic rings. The minimum atomic E-state index is -0.0114. The van der Waals surface area contributed by atoms with E-state index in [-0.39, 0.29) is 5.56 Å². The number of nitrogens with one attached hydrogen (secondary N) is 1. The molecule has 0 amide bonds. The Kier molecular flexibility index (Phi) is 4.39. The van der Waals surface area contributed by atoms with Crippen LogP contribution in [-0.2, 0) is 5.75 Å². The Balaban J connectivity index is 2.67. The van der Waals surface area contributed by atoms with Crippen LogP contribution in [0.2, 0.25) is 0 Å². The fraction of sp³-hybridized carbons (Fsp3) is 0.636. The Morgan fingerprint density at radius 3 is 2.60 bits per heavy atom. The van der Waals surface area contributed by atoms with Crippen LogP contribution in [0, 0.1) is 19.8 Å². The highest BCUT2D eigenvalue weighted by atomic mass is 32.2. The number of hydrogen-bond donors (Lipinski definition) is 1. The number of rotatable bonds is 4. The van der Waals surface area contributed by atoms with Gasteiger partial charge in [-0.2, -0.15) is 11.8 Å². The molecule has 0 spiro atoms. The van der Waals surface area contributed by atoms with Gasteiger partial charge in [0.25, 0.3) is 5.56 Å². The predicted molar refractivity (Wildman–Crippen MR) is 65.3 cm³/mol. The molecule has 1 heterocycles. The minimum absolute atomic E-state index is 0.0114. The standard InChI is InChI=1S/C11H18N2OS/c1-7(2)5-15-6-10-12-9(4)8(3)11(14)13-10/h7H,5-6H2,1-4H3,(H,12,13,14). The summed E-state index contributed by atoms with van der Waals surface area (Å²) in [7, 11) is 0. The van der Waals surface area contributed by atoms with E-state index in [0.29, 0.717) is 11.5 Å². The van der Waals surface area contributed by atoms with Crippen molar-refractivity contribution in [3.8, 4) is 0 Å². The zero-order chi connectivity index (χ0) is 11.4. The molecule has 4 heteroatoms. The van der Waals surface area contributed by atoms with E-state index in [4.69, 9.17) is 0 Å². The van der Waals surface area contributed by atoms with Crippen molar-refractivity contribution < 1.29 is 0 Å². The summed E-state index contributed by atoms with van der Waals surface area (Å²) in [6.45, 7) is 8.04. The summed E-state index contributed by atoms with van der Waals surface area (Å²) >= 11 is 1.81. The molecule has 0 fully saturated rings. The molecular weight excluding hydrogens is 208 g/mol. The summed E-state index contributed by atoms with van der Waals surface area (Å²) < 4.78 is 0. The Morgan fingerprint density at radius 1 is 1.40 bits per heavy atom. The highest BCUT2D eigenvalue weighted by molar-refractivity contribution is 7.98. The SMILES string of the molecule is Cc1nc(CSCC(C)C)[nH]c(=O)c1C. The van der Waals surface area contributed by atoms with Crippen molar-refractivity contribution in [2.45, 2.75) is 33.4 Å². The second kappa shape index (κ2) is 5.35. The normalized spacial score (nSPS) is 11.0. The van der Waals surface area contributed by atoms with Gasteiger partial charge in [-0.25, -0.2) is 4.98 Å². The van der Waals surface area contributed by atoms with Gasteiger partial charge in [-0.05, 0) is 25.5 Å². The Hall–Kier alpha value is -0.770. The molecule has 15 heavy (non-hydrogen) atoms. The molecule has 0 atom stereocenters. The van der Waals surface area contributed by atoms with Crippen molar-refractivity contribution in [3.63, 3.8) is 0 Å². The predicted octanol–water partition coefficient (Wildman–Crippen LogP) is 2.28. The van der Waals surface area contributed by atoms with Gasteiger partial charge in [0, 0.05) is 11.3 Å². The molecule has 0 saturated carbocycles. The molecule has 0 saturated heterocycles. The highest BCUT2D eigenvalue weighted by Crippen LogP contribution is 2.12. The van der Waals surface area contributed by atoms with Crippen LogP contribution in [0.4, 0.5) is 0 Å². The first-order valence-electron chi connectivity index (χ1n) is 5.15. The van der Waals surface area contributed by atoms with E-state index in [9.17, 15) is 4.79 Å². The molecule has 0 unspecified atom stereocenters. The molecule has 1 aromatic rings. The molecule has 3 nitrogen and oxygen atoms in total. The van der Waals surface area contributed by atoms with Gasteiger partial charge in [-0.1, -0.05) is 13.8 Å². The summed E-state index contributed by atoms with van der Waals surface area (Å²) in [6.07, 6.45) is 0. The van der Waals surface area contributed by atoms with Crippen molar-refractivity contribution in [1.29, 1.82) is 0 Å². The summed E-state index contributed by atoms with van der Waals surface area (Å²) in [5, 5.41) is 0. The minimum Gasteiger partial charge on any atom is -0.310 e. The average Bonchev–Trinajstić information content (AvgIpc) is 2.13. The van der Waals surface area contributed by atoms with Crippen LogP contribution >= 0.6 is 11.8 Å². The lowest BCUT2D eigenvalue weighted by Crippen LogP contribution is -2.16. The largest absolute Gasteiger partial charge is 0.310 e. The quantitative estimate of drug-likeness (QED) is 0.856. The third kappa shape index (κ3) is 3.70.